The summed E-state index contributed by atoms with van der Waals surface area (Å²) in [6.07, 6.45) is 1.51. The average Bonchev–Trinajstić information content (AvgIpc) is 2.64. The number of benzene rings is 1. The van der Waals surface area contributed by atoms with Crippen LogP contribution in [-0.2, 0) is 6.54 Å². The highest BCUT2D eigenvalue weighted by atomic mass is 79.9. The number of hydrogen-bond acceptors (Lipinski definition) is 3. The molecule has 94 valence electrons. The van der Waals surface area contributed by atoms with Crippen LogP contribution in [0.2, 0.25) is 0 Å². The second-order valence-electron chi connectivity index (χ2n) is 3.73. The number of nitrogen functional groups attached to an aromatic ring is 1. The third-order valence-corrected chi connectivity index (χ3v) is 3.11. The summed E-state index contributed by atoms with van der Waals surface area (Å²) < 4.78 is 15.0. The molecule has 0 unspecified atom stereocenters. The fraction of sp³-hybridized carbons (Fsp3) is 0.0909. The van der Waals surface area contributed by atoms with Gasteiger partial charge in [-0.15, -0.1) is 0 Å². The van der Waals surface area contributed by atoms with Crippen molar-refractivity contribution in [3.8, 4) is 0 Å². The van der Waals surface area contributed by atoms with Gasteiger partial charge < -0.3 is 11.5 Å². The molecule has 5 nitrogen and oxygen atoms in total. The molecule has 1 aromatic heterocycles. The first-order valence-corrected chi connectivity index (χ1v) is 5.83. The minimum atomic E-state index is -0.676. The van der Waals surface area contributed by atoms with Crippen LogP contribution in [0.15, 0.2) is 28.9 Å². The van der Waals surface area contributed by atoms with Gasteiger partial charge in [-0.05, 0) is 17.7 Å². The molecule has 0 atom stereocenters. The van der Waals surface area contributed by atoms with Crippen molar-refractivity contribution < 1.29 is 9.18 Å². The van der Waals surface area contributed by atoms with Crippen molar-refractivity contribution >= 4 is 27.5 Å². The normalized spacial score (nSPS) is 10.6. The molecule has 1 heterocycles. The van der Waals surface area contributed by atoms with Crippen LogP contribution in [0.25, 0.3) is 0 Å². The Bertz CT molecular complexity index is 611. The number of aromatic nitrogens is 2. The first kappa shape index (κ1) is 12.6. The minimum Gasteiger partial charge on any atom is -0.396 e. The number of anilines is 1. The summed E-state index contributed by atoms with van der Waals surface area (Å²) in [5.41, 5.74) is 11.8. The van der Waals surface area contributed by atoms with Crippen molar-refractivity contribution in [2.45, 2.75) is 6.54 Å². The van der Waals surface area contributed by atoms with Gasteiger partial charge in [-0.2, -0.15) is 5.10 Å². The third kappa shape index (κ3) is 2.51. The lowest BCUT2D eigenvalue weighted by molar-refractivity contribution is 0.0995. The van der Waals surface area contributed by atoms with E-state index in [2.05, 4.69) is 21.0 Å². The maximum absolute atomic E-state index is 12.9. The molecule has 0 aliphatic rings. The molecule has 7 heteroatoms. The number of nitrogens with zero attached hydrogens (tertiary/aromatic N) is 2. The summed E-state index contributed by atoms with van der Waals surface area (Å²) in [7, 11) is 0. The highest BCUT2D eigenvalue weighted by Crippen LogP contribution is 2.19. The molecular weight excluding hydrogens is 303 g/mol. The molecule has 0 aliphatic carbocycles. The number of amides is 1. The molecule has 0 saturated carbocycles. The number of nitrogens with two attached hydrogens (primary N) is 2. The van der Waals surface area contributed by atoms with E-state index in [1.165, 1.54) is 23.0 Å². The van der Waals surface area contributed by atoms with Gasteiger partial charge in [0.25, 0.3) is 5.91 Å². The summed E-state index contributed by atoms with van der Waals surface area (Å²) in [5, 5.41) is 3.97. The molecule has 0 saturated heterocycles. The molecule has 0 spiro atoms. The SMILES string of the molecule is NC(=O)c1nn(Cc2ccc(F)cc2Br)cc1N. The fourth-order valence-corrected chi connectivity index (χ4v) is 2.01. The molecule has 0 aliphatic heterocycles. The minimum absolute atomic E-state index is 0.0354. The zero-order valence-electron chi connectivity index (χ0n) is 9.23. The quantitative estimate of drug-likeness (QED) is 0.900. The van der Waals surface area contributed by atoms with Crippen LogP contribution in [0.4, 0.5) is 10.1 Å². The van der Waals surface area contributed by atoms with Crippen molar-refractivity contribution in [3.63, 3.8) is 0 Å². The van der Waals surface area contributed by atoms with Crippen molar-refractivity contribution in [2.24, 2.45) is 5.73 Å². The maximum Gasteiger partial charge on any atom is 0.271 e. The Hall–Kier alpha value is -1.89. The highest BCUT2D eigenvalue weighted by molar-refractivity contribution is 9.10. The van der Waals surface area contributed by atoms with E-state index in [4.69, 9.17) is 11.5 Å². The first-order valence-electron chi connectivity index (χ1n) is 5.04. The van der Waals surface area contributed by atoms with Gasteiger partial charge in [0.2, 0.25) is 0 Å². The lowest BCUT2D eigenvalue weighted by Crippen LogP contribution is -2.14. The summed E-state index contributed by atoms with van der Waals surface area (Å²) in [4.78, 5) is 11.0. The van der Waals surface area contributed by atoms with E-state index >= 15 is 0 Å². The Kier molecular flexibility index (Phi) is 3.33. The smallest absolute Gasteiger partial charge is 0.271 e. The summed E-state index contributed by atoms with van der Waals surface area (Å²) in [5.74, 6) is -1.01. The van der Waals surface area contributed by atoms with E-state index < -0.39 is 5.91 Å². The number of carbonyl (C=O) groups excluding carboxylic acids is 1. The zero-order valence-corrected chi connectivity index (χ0v) is 10.8. The van der Waals surface area contributed by atoms with E-state index in [-0.39, 0.29) is 17.2 Å². The molecule has 0 bridgehead atoms. The Morgan fingerprint density at radius 1 is 1.50 bits per heavy atom. The van der Waals surface area contributed by atoms with Gasteiger partial charge in [-0.1, -0.05) is 22.0 Å². The van der Waals surface area contributed by atoms with Crippen LogP contribution in [0.3, 0.4) is 0 Å². The summed E-state index contributed by atoms with van der Waals surface area (Å²) in [6.45, 7) is 0.359. The van der Waals surface area contributed by atoms with Gasteiger partial charge >= 0.3 is 0 Å². The van der Waals surface area contributed by atoms with Gasteiger partial charge in [0, 0.05) is 10.7 Å². The summed E-state index contributed by atoms with van der Waals surface area (Å²) in [6, 6.07) is 4.33. The van der Waals surface area contributed by atoms with Gasteiger partial charge in [0.15, 0.2) is 5.69 Å². The van der Waals surface area contributed by atoms with Crippen LogP contribution in [-0.4, -0.2) is 15.7 Å². The number of primary amides is 1. The van der Waals surface area contributed by atoms with E-state index in [0.29, 0.717) is 11.0 Å². The van der Waals surface area contributed by atoms with Crippen molar-refractivity contribution in [1.29, 1.82) is 0 Å². The second-order valence-corrected chi connectivity index (χ2v) is 4.58. The van der Waals surface area contributed by atoms with E-state index in [1.54, 1.807) is 6.07 Å². The molecule has 1 aromatic carbocycles. The van der Waals surface area contributed by atoms with Crippen LogP contribution >= 0.6 is 15.9 Å². The molecular formula is C11H10BrFN4O. The third-order valence-electron chi connectivity index (χ3n) is 2.37. The Morgan fingerprint density at radius 3 is 2.78 bits per heavy atom. The Balaban J connectivity index is 2.29. The lowest BCUT2D eigenvalue weighted by atomic mass is 10.2. The number of hydrogen-bond donors (Lipinski definition) is 2. The van der Waals surface area contributed by atoms with Crippen LogP contribution in [0.5, 0.6) is 0 Å². The lowest BCUT2D eigenvalue weighted by Gasteiger charge is -2.04. The maximum atomic E-state index is 12.9. The fourth-order valence-electron chi connectivity index (χ4n) is 1.53. The number of halogens is 2. The molecule has 0 radical (unpaired) electrons. The van der Waals surface area contributed by atoms with Crippen LogP contribution in [0, 0.1) is 5.82 Å². The molecule has 4 N–H and O–H groups in total. The van der Waals surface area contributed by atoms with Gasteiger partial charge in [-0.25, -0.2) is 4.39 Å². The van der Waals surface area contributed by atoms with Gasteiger partial charge in [-0.3, -0.25) is 9.48 Å². The Morgan fingerprint density at radius 2 is 2.22 bits per heavy atom. The topological polar surface area (TPSA) is 86.9 Å². The van der Waals surface area contributed by atoms with Crippen LogP contribution in [0.1, 0.15) is 16.1 Å². The van der Waals surface area contributed by atoms with E-state index in [1.807, 2.05) is 0 Å². The average molecular weight is 313 g/mol. The van der Waals surface area contributed by atoms with E-state index in [0.717, 1.165) is 5.56 Å². The standard InChI is InChI=1S/C11H10BrFN4O/c12-8-3-7(13)2-1-6(8)4-17-5-9(14)10(16-17)11(15)18/h1-3,5H,4,14H2,(H2,15,18). The highest BCUT2D eigenvalue weighted by Gasteiger charge is 2.12. The van der Waals surface area contributed by atoms with Gasteiger partial charge in [0.05, 0.1) is 12.2 Å². The molecule has 0 fully saturated rings. The zero-order chi connectivity index (χ0) is 13.3. The van der Waals surface area contributed by atoms with Crippen LogP contribution < -0.4 is 11.5 Å². The molecule has 1 amide bonds. The van der Waals surface area contributed by atoms with Crippen molar-refractivity contribution in [1.82, 2.24) is 9.78 Å². The van der Waals surface area contributed by atoms with Crippen molar-refractivity contribution in [3.05, 3.63) is 45.9 Å². The van der Waals surface area contributed by atoms with Crippen molar-refractivity contribution in [2.75, 3.05) is 5.73 Å². The Labute approximate surface area is 111 Å². The van der Waals surface area contributed by atoms with Gasteiger partial charge in [0.1, 0.15) is 5.82 Å². The predicted molar refractivity (Wildman–Crippen MR) is 68.4 cm³/mol. The first-order chi connectivity index (χ1) is 8.47. The second kappa shape index (κ2) is 4.77. The monoisotopic (exact) mass is 312 g/mol. The molecule has 2 aromatic rings. The summed E-state index contributed by atoms with van der Waals surface area (Å²) >= 11 is 3.25. The number of carbonyl (C=O) groups is 1. The van der Waals surface area contributed by atoms with E-state index in [9.17, 15) is 9.18 Å². The number of rotatable bonds is 3. The molecule has 2 rings (SSSR count). The predicted octanol–water partition coefficient (Wildman–Crippen LogP) is 1.51. The largest absolute Gasteiger partial charge is 0.396 e. The molecule has 18 heavy (non-hydrogen) atoms.